The van der Waals surface area contributed by atoms with Crippen LogP contribution in [0.3, 0.4) is 0 Å². The Balaban J connectivity index is 2.49. The zero-order valence-electron chi connectivity index (χ0n) is 8.25. The van der Waals surface area contributed by atoms with Crippen molar-refractivity contribution in [2.75, 3.05) is 5.33 Å². The number of rotatable bonds is 1. The Kier molecular flexibility index (Phi) is 2.97. The Hall–Kier alpha value is -1.73. The van der Waals surface area contributed by atoms with Crippen LogP contribution >= 0.6 is 15.9 Å². The molecular formula is C12H8BrNO2. The number of halogens is 1. The second-order valence-electron chi connectivity index (χ2n) is 3.23. The Morgan fingerprint density at radius 1 is 1.44 bits per heavy atom. The van der Waals surface area contributed by atoms with Gasteiger partial charge in [0.2, 0.25) is 0 Å². The first-order valence-corrected chi connectivity index (χ1v) is 5.74. The first-order valence-electron chi connectivity index (χ1n) is 4.61. The van der Waals surface area contributed by atoms with Gasteiger partial charge in [0, 0.05) is 16.5 Å². The molecule has 0 aliphatic rings. The van der Waals surface area contributed by atoms with E-state index in [1.165, 1.54) is 0 Å². The number of benzene rings is 1. The van der Waals surface area contributed by atoms with E-state index in [1.807, 2.05) is 18.2 Å². The molecule has 0 amide bonds. The molecule has 0 spiro atoms. The molecule has 0 atom stereocenters. The molecule has 2 rings (SSSR count). The van der Waals surface area contributed by atoms with E-state index in [1.54, 1.807) is 6.07 Å². The minimum Gasteiger partial charge on any atom is -0.477 e. The van der Waals surface area contributed by atoms with Crippen LogP contribution in [0.2, 0.25) is 0 Å². The number of H-pyrrole nitrogens is 1. The molecule has 0 aliphatic carbocycles. The van der Waals surface area contributed by atoms with E-state index in [0.717, 1.165) is 16.5 Å². The van der Waals surface area contributed by atoms with Crippen LogP contribution in [-0.4, -0.2) is 21.4 Å². The van der Waals surface area contributed by atoms with Crippen LogP contribution in [-0.2, 0) is 0 Å². The van der Waals surface area contributed by atoms with Crippen molar-refractivity contribution in [3.8, 4) is 11.8 Å². The average Bonchev–Trinajstić information content (AvgIpc) is 2.69. The van der Waals surface area contributed by atoms with Gasteiger partial charge in [-0.2, -0.15) is 0 Å². The van der Waals surface area contributed by atoms with Gasteiger partial charge in [-0.1, -0.05) is 27.8 Å². The third kappa shape index (κ3) is 2.10. The van der Waals surface area contributed by atoms with E-state index in [-0.39, 0.29) is 5.69 Å². The van der Waals surface area contributed by atoms with Gasteiger partial charge in [-0.3, -0.25) is 0 Å². The Bertz CT molecular complexity index is 604. The lowest BCUT2D eigenvalue weighted by atomic mass is 10.1. The topological polar surface area (TPSA) is 53.1 Å². The fourth-order valence-corrected chi connectivity index (χ4v) is 1.60. The van der Waals surface area contributed by atoms with E-state index in [4.69, 9.17) is 5.11 Å². The van der Waals surface area contributed by atoms with E-state index in [0.29, 0.717) is 5.33 Å². The second-order valence-corrected chi connectivity index (χ2v) is 3.79. The molecule has 0 fully saturated rings. The van der Waals surface area contributed by atoms with Crippen LogP contribution in [0.5, 0.6) is 0 Å². The lowest BCUT2D eigenvalue weighted by molar-refractivity contribution is 0.0691. The number of hydrogen-bond donors (Lipinski definition) is 2. The molecule has 1 heterocycles. The van der Waals surface area contributed by atoms with Crippen molar-refractivity contribution < 1.29 is 9.90 Å². The highest BCUT2D eigenvalue weighted by Crippen LogP contribution is 2.16. The molecule has 4 heteroatoms. The second kappa shape index (κ2) is 4.42. The maximum Gasteiger partial charge on any atom is 0.352 e. The van der Waals surface area contributed by atoms with Crippen LogP contribution in [0.15, 0.2) is 24.3 Å². The molecule has 0 bridgehead atoms. The van der Waals surface area contributed by atoms with Crippen molar-refractivity contribution >= 4 is 32.8 Å². The highest BCUT2D eigenvalue weighted by atomic mass is 79.9. The molecule has 3 nitrogen and oxygen atoms in total. The number of aromatic carboxylic acids is 1. The summed E-state index contributed by atoms with van der Waals surface area (Å²) in [7, 11) is 0. The van der Waals surface area contributed by atoms with Crippen LogP contribution in [0.25, 0.3) is 10.9 Å². The predicted octanol–water partition coefficient (Wildman–Crippen LogP) is 2.61. The molecule has 2 aromatic rings. The smallest absolute Gasteiger partial charge is 0.352 e. The minimum atomic E-state index is -0.954. The molecule has 1 aromatic heterocycles. The number of carboxylic acid groups (broad SMARTS) is 1. The summed E-state index contributed by atoms with van der Waals surface area (Å²) >= 11 is 3.22. The molecular weight excluding hydrogens is 270 g/mol. The predicted molar refractivity (Wildman–Crippen MR) is 65.9 cm³/mol. The van der Waals surface area contributed by atoms with Crippen molar-refractivity contribution in [1.82, 2.24) is 4.98 Å². The number of aromatic amines is 1. The SMILES string of the molecule is O=C(O)c1cc2cc(C#CCBr)ccc2[nH]1. The highest BCUT2D eigenvalue weighted by molar-refractivity contribution is 9.09. The van der Waals surface area contributed by atoms with Gasteiger partial charge in [0.1, 0.15) is 5.69 Å². The van der Waals surface area contributed by atoms with Gasteiger partial charge < -0.3 is 10.1 Å². The summed E-state index contributed by atoms with van der Waals surface area (Å²) in [6.45, 7) is 0. The van der Waals surface area contributed by atoms with Crippen LogP contribution < -0.4 is 0 Å². The monoisotopic (exact) mass is 277 g/mol. The fourth-order valence-electron chi connectivity index (χ4n) is 1.46. The van der Waals surface area contributed by atoms with Gasteiger partial charge in [-0.25, -0.2) is 4.79 Å². The zero-order valence-corrected chi connectivity index (χ0v) is 9.84. The number of nitrogens with one attached hydrogen (secondary N) is 1. The first kappa shape index (κ1) is 10.8. The summed E-state index contributed by atoms with van der Waals surface area (Å²) in [4.78, 5) is 13.6. The summed E-state index contributed by atoms with van der Waals surface area (Å²) in [6.07, 6.45) is 0. The molecule has 0 aliphatic heterocycles. The van der Waals surface area contributed by atoms with E-state index >= 15 is 0 Å². The standard InChI is InChI=1S/C12H8BrNO2/c13-5-1-2-8-3-4-10-9(6-8)7-11(14-10)12(15)16/h3-4,6-7,14H,5H2,(H,15,16). The minimum absolute atomic E-state index is 0.195. The van der Waals surface area contributed by atoms with Crippen molar-refractivity contribution in [2.24, 2.45) is 0 Å². The number of fused-ring (bicyclic) bond motifs is 1. The van der Waals surface area contributed by atoms with Crippen LogP contribution in [0.1, 0.15) is 16.1 Å². The summed E-state index contributed by atoms with van der Waals surface area (Å²) in [5.41, 5.74) is 1.88. The van der Waals surface area contributed by atoms with Crippen LogP contribution in [0, 0.1) is 11.8 Å². The van der Waals surface area contributed by atoms with Crippen molar-refractivity contribution in [3.05, 3.63) is 35.5 Å². The number of alkyl halides is 1. The number of aromatic nitrogens is 1. The van der Waals surface area contributed by atoms with Gasteiger partial charge >= 0.3 is 5.97 Å². The summed E-state index contributed by atoms with van der Waals surface area (Å²) in [5.74, 6) is 4.91. The molecule has 0 unspecified atom stereocenters. The molecule has 0 saturated heterocycles. The average molecular weight is 278 g/mol. The van der Waals surface area contributed by atoms with Gasteiger partial charge in [0.15, 0.2) is 0 Å². The number of hydrogen-bond acceptors (Lipinski definition) is 1. The largest absolute Gasteiger partial charge is 0.477 e. The lowest BCUT2D eigenvalue weighted by Gasteiger charge is -1.90. The first-order chi connectivity index (χ1) is 7.70. The Morgan fingerprint density at radius 3 is 2.94 bits per heavy atom. The fraction of sp³-hybridized carbons (Fsp3) is 0.0833. The van der Waals surface area contributed by atoms with E-state index in [9.17, 15) is 4.79 Å². The lowest BCUT2D eigenvalue weighted by Crippen LogP contribution is -1.94. The highest BCUT2D eigenvalue weighted by Gasteiger charge is 2.06. The summed E-state index contributed by atoms with van der Waals surface area (Å²) < 4.78 is 0. The Labute approximate surface area is 101 Å². The summed E-state index contributed by atoms with van der Waals surface area (Å²) in [6, 6.07) is 7.17. The molecule has 16 heavy (non-hydrogen) atoms. The zero-order chi connectivity index (χ0) is 11.5. The number of carbonyl (C=O) groups is 1. The maximum absolute atomic E-state index is 10.8. The van der Waals surface area contributed by atoms with E-state index in [2.05, 4.69) is 32.8 Å². The van der Waals surface area contributed by atoms with Crippen LogP contribution in [0.4, 0.5) is 0 Å². The molecule has 2 N–H and O–H groups in total. The molecule has 80 valence electrons. The third-order valence-electron chi connectivity index (χ3n) is 2.15. The van der Waals surface area contributed by atoms with Crippen molar-refractivity contribution in [1.29, 1.82) is 0 Å². The normalized spacial score (nSPS) is 9.81. The van der Waals surface area contributed by atoms with Gasteiger partial charge in [0.25, 0.3) is 0 Å². The van der Waals surface area contributed by atoms with Crippen molar-refractivity contribution in [3.63, 3.8) is 0 Å². The number of carboxylic acids is 1. The molecule has 0 saturated carbocycles. The van der Waals surface area contributed by atoms with Gasteiger partial charge in [-0.15, -0.1) is 0 Å². The van der Waals surface area contributed by atoms with Gasteiger partial charge in [0.05, 0.1) is 5.33 Å². The molecule has 0 radical (unpaired) electrons. The maximum atomic E-state index is 10.8. The van der Waals surface area contributed by atoms with Gasteiger partial charge in [-0.05, 0) is 24.3 Å². The third-order valence-corrected chi connectivity index (χ3v) is 2.43. The molecule has 1 aromatic carbocycles. The quantitative estimate of drug-likeness (QED) is 0.622. The van der Waals surface area contributed by atoms with E-state index < -0.39 is 5.97 Å². The Morgan fingerprint density at radius 2 is 2.25 bits per heavy atom. The summed E-state index contributed by atoms with van der Waals surface area (Å²) in [5, 5.41) is 10.3. The van der Waals surface area contributed by atoms with Crippen molar-refractivity contribution in [2.45, 2.75) is 0 Å².